The molecule has 1 aliphatic heterocycles. The number of nitrogens with zero attached hydrogens (tertiary/aromatic N) is 2. The smallest absolute Gasteiger partial charge is 0.237 e. The van der Waals surface area contributed by atoms with E-state index in [2.05, 4.69) is 29.0 Å². The quantitative estimate of drug-likeness (QED) is 0.918. The van der Waals surface area contributed by atoms with Gasteiger partial charge in [-0.25, -0.2) is 4.39 Å². The van der Waals surface area contributed by atoms with Crippen molar-refractivity contribution in [3.63, 3.8) is 0 Å². The Morgan fingerprint density at radius 1 is 1.50 bits per heavy atom. The van der Waals surface area contributed by atoms with Gasteiger partial charge in [0, 0.05) is 18.3 Å². The lowest BCUT2D eigenvalue weighted by Gasteiger charge is -2.31. The molecule has 0 spiro atoms. The Balaban J connectivity index is 1.93. The van der Waals surface area contributed by atoms with Gasteiger partial charge in [0.1, 0.15) is 5.82 Å². The van der Waals surface area contributed by atoms with Crippen molar-refractivity contribution in [1.82, 2.24) is 15.2 Å². The monoisotopic (exact) mass is 279 g/mol. The van der Waals surface area contributed by atoms with E-state index in [0.29, 0.717) is 12.1 Å². The Morgan fingerprint density at radius 2 is 2.15 bits per heavy atom. The molecule has 1 saturated heterocycles. The summed E-state index contributed by atoms with van der Waals surface area (Å²) in [4.78, 5) is 18.4. The van der Waals surface area contributed by atoms with Crippen LogP contribution in [-0.2, 0) is 11.3 Å². The predicted molar refractivity (Wildman–Crippen MR) is 75.5 cm³/mol. The average molecular weight is 279 g/mol. The van der Waals surface area contributed by atoms with E-state index >= 15 is 0 Å². The molecule has 0 saturated carbocycles. The van der Waals surface area contributed by atoms with Gasteiger partial charge in [0.05, 0.1) is 18.3 Å². The number of pyridine rings is 1. The van der Waals surface area contributed by atoms with Gasteiger partial charge in [0.25, 0.3) is 0 Å². The molecule has 2 rings (SSSR count). The van der Waals surface area contributed by atoms with Crippen LogP contribution in [0, 0.1) is 5.82 Å². The fourth-order valence-electron chi connectivity index (χ4n) is 2.98. The lowest BCUT2D eigenvalue weighted by molar-refractivity contribution is -0.127. The molecule has 1 amide bonds. The Hall–Kier alpha value is -1.49. The molecule has 0 unspecified atom stereocenters. The van der Waals surface area contributed by atoms with Gasteiger partial charge in [-0.2, -0.15) is 0 Å². The van der Waals surface area contributed by atoms with Crippen molar-refractivity contribution in [2.24, 2.45) is 0 Å². The summed E-state index contributed by atoms with van der Waals surface area (Å²) in [5.74, 6) is -0.459. The normalized spacial score (nSPS) is 24.6. The molecule has 1 aromatic rings. The van der Waals surface area contributed by atoms with Crippen molar-refractivity contribution in [2.45, 2.75) is 58.3 Å². The third kappa shape index (κ3) is 3.15. The van der Waals surface area contributed by atoms with E-state index in [1.807, 2.05) is 6.92 Å². The summed E-state index contributed by atoms with van der Waals surface area (Å²) >= 11 is 0. The second-order valence-electron chi connectivity index (χ2n) is 5.55. The van der Waals surface area contributed by atoms with E-state index in [1.165, 1.54) is 18.3 Å². The molecule has 4 nitrogen and oxygen atoms in total. The number of aromatic nitrogens is 1. The van der Waals surface area contributed by atoms with Gasteiger partial charge in [-0.3, -0.25) is 14.7 Å². The third-order valence-electron chi connectivity index (χ3n) is 4.11. The number of amides is 1. The van der Waals surface area contributed by atoms with Crippen molar-refractivity contribution >= 4 is 5.91 Å². The highest BCUT2D eigenvalue weighted by Gasteiger charge is 2.34. The van der Waals surface area contributed by atoms with Gasteiger partial charge in [-0.1, -0.05) is 0 Å². The van der Waals surface area contributed by atoms with E-state index in [1.54, 1.807) is 0 Å². The molecule has 2 heterocycles. The molecule has 1 aromatic heterocycles. The van der Waals surface area contributed by atoms with Crippen LogP contribution < -0.4 is 5.32 Å². The minimum Gasteiger partial charge on any atom is -0.349 e. The van der Waals surface area contributed by atoms with Crippen LogP contribution >= 0.6 is 0 Å². The van der Waals surface area contributed by atoms with Crippen molar-refractivity contribution in [2.75, 3.05) is 0 Å². The zero-order chi connectivity index (χ0) is 14.7. The maximum atomic E-state index is 13.4. The Morgan fingerprint density at radius 3 is 2.75 bits per heavy atom. The molecule has 0 bridgehead atoms. The average Bonchev–Trinajstić information content (AvgIpc) is 2.76. The lowest BCUT2D eigenvalue weighted by atomic mass is 10.2. The SMILES string of the molecule is C[C@@H]1CC[C@@H](C)N1[C@@H](C)C(=O)NCc1ncccc1F. The van der Waals surface area contributed by atoms with Crippen molar-refractivity contribution in [3.8, 4) is 0 Å². The number of nitrogens with one attached hydrogen (secondary N) is 1. The van der Waals surface area contributed by atoms with Gasteiger partial charge < -0.3 is 5.32 Å². The van der Waals surface area contributed by atoms with Crippen molar-refractivity contribution in [3.05, 3.63) is 29.8 Å². The first kappa shape index (κ1) is 14.9. The first-order valence-electron chi connectivity index (χ1n) is 7.15. The van der Waals surface area contributed by atoms with E-state index in [0.717, 1.165) is 12.8 Å². The standard InChI is InChI=1S/C15H22FN3O/c1-10-6-7-11(2)19(10)12(3)15(20)18-9-14-13(16)5-4-8-17-14/h4-5,8,10-12H,6-7,9H2,1-3H3,(H,18,20)/t10-,11-,12+/m1/s1. The fraction of sp³-hybridized carbons (Fsp3) is 0.600. The molecule has 20 heavy (non-hydrogen) atoms. The summed E-state index contributed by atoms with van der Waals surface area (Å²) < 4.78 is 13.4. The summed E-state index contributed by atoms with van der Waals surface area (Å²) in [5, 5.41) is 2.77. The second kappa shape index (κ2) is 6.31. The summed E-state index contributed by atoms with van der Waals surface area (Å²) in [7, 11) is 0. The van der Waals surface area contributed by atoms with E-state index < -0.39 is 0 Å². The first-order valence-corrected chi connectivity index (χ1v) is 7.15. The minimum absolute atomic E-state index is 0.0735. The molecule has 1 aliphatic rings. The maximum absolute atomic E-state index is 13.4. The number of carbonyl (C=O) groups is 1. The summed E-state index contributed by atoms with van der Waals surface area (Å²) in [6.45, 7) is 6.33. The number of hydrogen-bond donors (Lipinski definition) is 1. The van der Waals surface area contributed by atoms with Crippen LogP contribution in [0.4, 0.5) is 4.39 Å². The van der Waals surface area contributed by atoms with Crippen molar-refractivity contribution < 1.29 is 9.18 Å². The molecular weight excluding hydrogens is 257 g/mol. The molecule has 3 atom stereocenters. The van der Waals surface area contributed by atoms with E-state index in [-0.39, 0.29) is 30.0 Å². The molecule has 0 radical (unpaired) electrons. The van der Waals surface area contributed by atoms with Crippen LogP contribution in [-0.4, -0.2) is 33.9 Å². The number of halogens is 1. The van der Waals surface area contributed by atoms with Crippen LogP contribution in [0.3, 0.4) is 0 Å². The molecule has 1 fully saturated rings. The Bertz CT molecular complexity index is 470. The Kier molecular flexibility index (Phi) is 4.70. The molecule has 0 aliphatic carbocycles. The van der Waals surface area contributed by atoms with Crippen LogP contribution in [0.2, 0.25) is 0 Å². The highest BCUT2D eigenvalue weighted by molar-refractivity contribution is 5.81. The number of rotatable bonds is 4. The third-order valence-corrected chi connectivity index (χ3v) is 4.11. The number of likely N-dealkylation sites (tertiary alicyclic amines) is 1. The van der Waals surface area contributed by atoms with Gasteiger partial charge in [0.2, 0.25) is 5.91 Å². The molecular formula is C15H22FN3O. The molecule has 110 valence electrons. The maximum Gasteiger partial charge on any atom is 0.237 e. The highest BCUT2D eigenvalue weighted by Crippen LogP contribution is 2.25. The first-order chi connectivity index (χ1) is 9.50. The van der Waals surface area contributed by atoms with E-state index in [9.17, 15) is 9.18 Å². The zero-order valence-electron chi connectivity index (χ0n) is 12.3. The van der Waals surface area contributed by atoms with Crippen LogP contribution in [0.25, 0.3) is 0 Å². The van der Waals surface area contributed by atoms with Gasteiger partial charge in [-0.15, -0.1) is 0 Å². The predicted octanol–water partition coefficient (Wildman–Crippen LogP) is 2.10. The van der Waals surface area contributed by atoms with E-state index in [4.69, 9.17) is 0 Å². The van der Waals surface area contributed by atoms with Crippen LogP contribution in [0.1, 0.15) is 39.3 Å². The largest absolute Gasteiger partial charge is 0.349 e. The lowest BCUT2D eigenvalue weighted by Crippen LogP contribution is -2.49. The summed E-state index contributed by atoms with van der Waals surface area (Å²) in [5.41, 5.74) is 0.274. The molecule has 0 aromatic carbocycles. The van der Waals surface area contributed by atoms with Crippen LogP contribution in [0.5, 0.6) is 0 Å². The summed E-state index contributed by atoms with van der Waals surface area (Å²) in [6, 6.07) is 3.52. The van der Waals surface area contributed by atoms with Crippen LogP contribution in [0.15, 0.2) is 18.3 Å². The summed E-state index contributed by atoms with van der Waals surface area (Å²) in [6.07, 6.45) is 3.76. The fourth-order valence-corrected chi connectivity index (χ4v) is 2.98. The Labute approximate surface area is 119 Å². The second-order valence-corrected chi connectivity index (χ2v) is 5.55. The molecule has 1 N–H and O–H groups in total. The number of carbonyl (C=O) groups excluding carboxylic acids is 1. The van der Waals surface area contributed by atoms with Crippen molar-refractivity contribution in [1.29, 1.82) is 0 Å². The highest BCUT2D eigenvalue weighted by atomic mass is 19.1. The van der Waals surface area contributed by atoms with Gasteiger partial charge >= 0.3 is 0 Å². The number of hydrogen-bond acceptors (Lipinski definition) is 3. The minimum atomic E-state index is -0.386. The topological polar surface area (TPSA) is 45.2 Å². The van der Waals surface area contributed by atoms with Gasteiger partial charge in [0.15, 0.2) is 0 Å². The van der Waals surface area contributed by atoms with Gasteiger partial charge in [-0.05, 0) is 45.7 Å². The molecule has 5 heteroatoms. The zero-order valence-corrected chi connectivity index (χ0v) is 12.3.